The molecule has 0 spiro atoms. The Morgan fingerprint density at radius 1 is 1.25 bits per heavy atom. The predicted octanol–water partition coefficient (Wildman–Crippen LogP) is 3.63. The molecule has 0 saturated heterocycles. The molecule has 1 heteroatoms. The van der Waals surface area contributed by atoms with E-state index in [9.17, 15) is 0 Å². The minimum absolute atomic E-state index is 0.782. The summed E-state index contributed by atoms with van der Waals surface area (Å²) >= 11 is 0. The van der Waals surface area contributed by atoms with Gasteiger partial charge in [0, 0.05) is 7.11 Å². The molecule has 0 heterocycles. The van der Waals surface area contributed by atoms with Crippen molar-refractivity contribution in [3.63, 3.8) is 0 Å². The third-order valence-electron chi connectivity index (χ3n) is 1.26. The van der Waals surface area contributed by atoms with Crippen LogP contribution in [-0.4, -0.2) is 12.2 Å². The molecule has 1 N–H and O–H groups in total. The summed E-state index contributed by atoms with van der Waals surface area (Å²) in [5, 5.41) is 7.00. The van der Waals surface area contributed by atoms with Crippen molar-refractivity contribution in [2.75, 3.05) is 7.11 Å². The zero-order valence-electron chi connectivity index (χ0n) is 9.59. The molecule has 0 saturated carbocycles. The van der Waals surface area contributed by atoms with Crippen molar-refractivity contribution in [3.8, 4) is 0 Å². The highest BCUT2D eigenvalue weighted by Crippen LogP contribution is 2.05. The van der Waals surface area contributed by atoms with Crippen LogP contribution in [-0.2, 0) is 0 Å². The molecule has 0 aromatic rings. The molecule has 0 fully saturated rings. The maximum atomic E-state index is 7.00. The molecule has 0 radical (unpaired) electrons. The van der Waals surface area contributed by atoms with Gasteiger partial charge in [-0.25, -0.2) is 0 Å². The third kappa shape index (κ3) is 22.6. The van der Waals surface area contributed by atoms with E-state index in [1.54, 1.807) is 0 Å². The third-order valence-corrected chi connectivity index (χ3v) is 1.26. The van der Waals surface area contributed by atoms with Gasteiger partial charge in [-0.2, -0.15) is 0 Å². The summed E-state index contributed by atoms with van der Waals surface area (Å²) < 4.78 is 0. The molecule has 1 atom stereocenters. The first-order valence-corrected chi connectivity index (χ1v) is 4.88. The van der Waals surface area contributed by atoms with E-state index < -0.39 is 0 Å². The van der Waals surface area contributed by atoms with E-state index in [0.29, 0.717) is 0 Å². The van der Waals surface area contributed by atoms with Gasteiger partial charge in [-0.15, -0.1) is 0 Å². The van der Waals surface area contributed by atoms with Gasteiger partial charge in [0.1, 0.15) is 0 Å². The van der Waals surface area contributed by atoms with Gasteiger partial charge in [0.25, 0.3) is 0 Å². The maximum Gasteiger partial charge on any atom is 0.0319 e. The Morgan fingerprint density at radius 2 is 1.67 bits per heavy atom. The van der Waals surface area contributed by atoms with Crippen molar-refractivity contribution >= 4 is 0 Å². The SMILES string of the molecule is C/C=C/C(C)CCC.CC.CO. The summed E-state index contributed by atoms with van der Waals surface area (Å²) in [6.07, 6.45) is 7.00. The Kier molecular flexibility index (Phi) is 33.1. The first-order chi connectivity index (χ1) is 5.81. The fraction of sp³-hybridized carbons (Fsp3) is 0.818. The fourth-order valence-corrected chi connectivity index (χ4v) is 0.880. The number of hydrogen-bond acceptors (Lipinski definition) is 1. The highest BCUT2D eigenvalue weighted by Gasteiger charge is 1.90. The number of rotatable bonds is 3. The van der Waals surface area contributed by atoms with Crippen molar-refractivity contribution in [2.24, 2.45) is 5.92 Å². The molecule has 1 nitrogen and oxygen atoms in total. The summed E-state index contributed by atoms with van der Waals surface area (Å²) in [5.74, 6) is 0.782. The molecule has 0 aliphatic heterocycles. The van der Waals surface area contributed by atoms with Crippen LogP contribution in [0.5, 0.6) is 0 Å². The lowest BCUT2D eigenvalue weighted by molar-refractivity contribution is 0.399. The normalized spacial score (nSPS) is 10.9. The van der Waals surface area contributed by atoms with Gasteiger partial charge in [0.15, 0.2) is 0 Å². The second kappa shape index (κ2) is 22.4. The predicted molar refractivity (Wildman–Crippen MR) is 58.4 cm³/mol. The Balaban J connectivity index is -0.000000175. The van der Waals surface area contributed by atoms with Gasteiger partial charge in [-0.3, -0.25) is 0 Å². The molecule has 76 valence electrons. The summed E-state index contributed by atoms with van der Waals surface area (Å²) in [6.45, 7) is 10.6. The second-order valence-electron chi connectivity index (χ2n) is 2.29. The van der Waals surface area contributed by atoms with E-state index in [2.05, 4.69) is 32.9 Å². The highest BCUT2D eigenvalue weighted by atomic mass is 16.2. The largest absolute Gasteiger partial charge is 0.400 e. The van der Waals surface area contributed by atoms with E-state index in [1.807, 2.05) is 13.8 Å². The Labute approximate surface area is 78.5 Å². The Bertz CT molecular complexity index is 67.4. The van der Waals surface area contributed by atoms with Crippen molar-refractivity contribution < 1.29 is 5.11 Å². The lowest BCUT2D eigenvalue weighted by Crippen LogP contribution is -1.85. The highest BCUT2D eigenvalue weighted by molar-refractivity contribution is 4.82. The average molecular weight is 174 g/mol. The van der Waals surface area contributed by atoms with Crippen LogP contribution < -0.4 is 0 Å². The van der Waals surface area contributed by atoms with Crippen LogP contribution in [0.3, 0.4) is 0 Å². The molecule has 0 aliphatic rings. The monoisotopic (exact) mass is 174 g/mol. The van der Waals surface area contributed by atoms with Crippen molar-refractivity contribution in [1.82, 2.24) is 0 Å². The van der Waals surface area contributed by atoms with Gasteiger partial charge in [-0.1, -0.05) is 46.3 Å². The van der Waals surface area contributed by atoms with E-state index >= 15 is 0 Å². The smallest absolute Gasteiger partial charge is 0.0319 e. The number of hydrogen-bond donors (Lipinski definition) is 1. The maximum absolute atomic E-state index is 7.00. The topological polar surface area (TPSA) is 20.2 Å². The second-order valence-corrected chi connectivity index (χ2v) is 2.29. The standard InChI is InChI=1S/C8H16.C2H6.CH4O/c1-4-6-8(3)7-5-2;2*1-2/h4,6,8H,5,7H2,1-3H3;1-2H3;2H,1H3/b6-4+;;. The lowest BCUT2D eigenvalue weighted by atomic mass is 10.1. The van der Waals surface area contributed by atoms with Gasteiger partial charge >= 0.3 is 0 Å². The van der Waals surface area contributed by atoms with E-state index in [-0.39, 0.29) is 0 Å². The molecule has 0 aromatic heterocycles. The van der Waals surface area contributed by atoms with Crippen LogP contribution in [0.15, 0.2) is 12.2 Å². The van der Waals surface area contributed by atoms with Gasteiger partial charge < -0.3 is 5.11 Å². The first kappa shape index (κ1) is 17.7. The lowest BCUT2D eigenvalue weighted by Gasteiger charge is -1.99. The van der Waals surface area contributed by atoms with Crippen molar-refractivity contribution in [3.05, 3.63) is 12.2 Å². The Hall–Kier alpha value is -0.300. The van der Waals surface area contributed by atoms with Crippen molar-refractivity contribution in [2.45, 2.75) is 47.5 Å². The van der Waals surface area contributed by atoms with Gasteiger partial charge in [-0.05, 0) is 19.3 Å². The van der Waals surface area contributed by atoms with Crippen LogP contribution in [0.4, 0.5) is 0 Å². The van der Waals surface area contributed by atoms with Gasteiger partial charge in [0.05, 0.1) is 0 Å². The molecular weight excluding hydrogens is 148 g/mol. The summed E-state index contributed by atoms with van der Waals surface area (Å²) in [5.41, 5.74) is 0. The molecular formula is C11H26O. The molecule has 1 unspecified atom stereocenters. The fourth-order valence-electron chi connectivity index (χ4n) is 0.880. The number of allylic oxidation sites excluding steroid dienone is 2. The first-order valence-electron chi connectivity index (χ1n) is 4.88. The van der Waals surface area contributed by atoms with E-state index in [1.165, 1.54) is 12.8 Å². The minimum atomic E-state index is 0.782. The molecule has 0 aromatic carbocycles. The van der Waals surface area contributed by atoms with Crippen LogP contribution in [0, 0.1) is 5.92 Å². The zero-order chi connectivity index (χ0) is 10.4. The zero-order valence-corrected chi connectivity index (χ0v) is 9.59. The summed E-state index contributed by atoms with van der Waals surface area (Å²) in [4.78, 5) is 0. The summed E-state index contributed by atoms with van der Waals surface area (Å²) in [7, 11) is 1.00. The molecule has 0 bridgehead atoms. The van der Waals surface area contributed by atoms with E-state index in [4.69, 9.17) is 5.11 Å². The number of aliphatic hydroxyl groups is 1. The molecule has 12 heavy (non-hydrogen) atoms. The molecule has 0 aliphatic carbocycles. The molecule has 0 amide bonds. The van der Waals surface area contributed by atoms with Gasteiger partial charge in [0.2, 0.25) is 0 Å². The minimum Gasteiger partial charge on any atom is -0.400 e. The number of aliphatic hydroxyl groups excluding tert-OH is 1. The summed E-state index contributed by atoms with van der Waals surface area (Å²) in [6, 6.07) is 0. The van der Waals surface area contributed by atoms with Crippen LogP contribution in [0.25, 0.3) is 0 Å². The molecule has 0 rings (SSSR count). The van der Waals surface area contributed by atoms with Crippen molar-refractivity contribution in [1.29, 1.82) is 0 Å². The van der Waals surface area contributed by atoms with E-state index in [0.717, 1.165) is 13.0 Å². The van der Waals surface area contributed by atoms with Crippen LogP contribution in [0.2, 0.25) is 0 Å². The Morgan fingerprint density at radius 3 is 1.92 bits per heavy atom. The van der Waals surface area contributed by atoms with Crippen LogP contribution >= 0.6 is 0 Å². The van der Waals surface area contributed by atoms with Crippen LogP contribution in [0.1, 0.15) is 47.5 Å². The quantitative estimate of drug-likeness (QED) is 0.648. The average Bonchev–Trinajstić information content (AvgIpc) is 2.12.